The van der Waals surface area contributed by atoms with Crippen LogP contribution < -0.4 is 0 Å². The van der Waals surface area contributed by atoms with E-state index in [0.717, 1.165) is 0 Å². The normalized spacial score (nSPS) is 22.8. The van der Waals surface area contributed by atoms with Gasteiger partial charge in [0, 0.05) is 19.3 Å². The third-order valence-corrected chi connectivity index (χ3v) is 4.80. The molecular formula is C9H17NO2S2. The summed E-state index contributed by atoms with van der Waals surface area (Å²) >= 11 is 1.56. The molecular weight excluding hydrogens is 218 g/mol. The van der Waals surface area contributed by atoms with Crippen molar-refractivity contribution >= 4 is 21.0 Å². The Hall–Kier alpha value is -0.0900. The molecule has 0 bridgehead atoms. The molecule has 0 unspecified atom stereocenters. The molecule has 0 amide bonds. The van der Waals surface area contributed by atoms with Gasteiger partial charge in [0.05, 0.1) is 17.0 Å². The summed E-state index contributed by atoms with van der Waals surface area (Å²) in [5, 5.41) is 3.27. The van der Waals surface area contributed by atoms with Crippen molar-refractivity contribution in [3.8, 4) is 5.18 Å². The second-order valence-electron chi connectivity index (χ2n) is 4.00. The number of hydrogen-bond acceptors (Lipinski definition) is 3. The molecule has 1 aliphatic heterocycles. The van der Waals surface area contributed by atoms with E-state index in [1.807, 2.05) is 6.26 Å². The van der Waals surface area contributed by atoms with Crippen LogP contribution in [0.4, 0.5) is 0 Å². The summed E-state index contributed by atoms with van der Waals surface area (Å²) in [6, 6.07) is 0. The van der Waals surface area contributed by atoms with Crippen LogP contribution in [0.25, 0.3) is 0 Å². The summed E-state index contributed by atoms with van der Waals surface area (Å²) in [4.78, 5) is 2.17. The fourth-order valence-electron chi connectivity index (χ4n) is 1.59. The summed E-state index contributed by atoms with van der Waals surface area (Å²) in [6.45, 7) is 5.40. The Kier molecular flexibility index (Phi) is 3.58. The third kappa shape index (κ3) is 2.95. The highest BCUT2D eigenvalue weighted by Crippen LogP contribution is 2.17. The first-order valence-electron chi connectivity index (χ1n) is 4.63. The first-order chi connectivity index (χ1) is 6.37. The van der Waals surface area contributed by atoms with Crippen molar-refractivity contribution in [2.75, 3.05) is 30.9 Å². The van der Waals surface area contributed by atoms with Gasteiger partial charge in [-0.3, -0.25) is 4.90 Å². The minimum Gasteiger partial charge on any atom is -0.286 e. The molecule has 0 aromatic rings. The molecule has 1 heterocycles. The predicted molar refractivity (Wildman–Crippen MR) is 61.7 cm³/mol. The zero-order valence-corrected chi connectivity index (χ0v) is 10.5. The average molecular weight is 235 g/mol. The van der Waals surface area contributed by atoms with E-state index in [4.69, 9.17) is 0 Å². The van der Waals surface area contributed by atoms with E-state index in [2.05, 4.69) is 23.9 Å². The number of hydrogen-bond donors (Lipinski definition) is 0. The monoisotopic (exact) mass is 235 g/mol. The maximum atomic E-state index is 11.2. The second kappa shape index (κ2) is 4.19. The van der Waals surface area contributed by atoms with Gasteiger partial charge < -0.3 is 0 Å². The molecule has 0 radical (unpaired) electrons. The van der Waals surface area contributed by atoms with Gasteiger partial charge in [0.15, 0.2) is 9.84 Å². The van der Waals surface area contributed by atoms with Crippen molar-refractivity contribution in [2.45, 2.75) is 19.4 Å². The van der Waals surface area contributed by atoms with E-state index in [1.165, 1.54) is 0 Å². The zero-order chi connectivity index (χ0) is 10.8. The molecule has 0 spiro atoms. The highest BCUT2D eigenvalue weighted by atomic mass is 32.2. The van der Waals surface area contributed by atoms with Crippen LogP contribution in [0.1, 0.15) is 13.8 Å². The molecule has 82 valence electrons. The zero-order valence-electron chi connectivity index (χ0n) is 8.91. The van der Waals surface area contributed by atoms with E-state index in [9.17, 15) is 8.42 Å². The first kappa shape index (κ1) is 12.0. The van der Waals surface area contributed by atoms with Crippen molar-refractivity contribution in [3.63, 3.8) is 0 Å². The summed E-state index contributed by atoms with van der Waals surface area (Å²) in [5.74, 6) is 0.568. The molecule has 1 rings (SSSR count). The molecule has 0 aliphatic carbocycles. The summed E-state index contributed by atoms with van der Waals surface area (Å²) < 4.78 is 22.5. The molecule has 0 N–H and O–H groups in total. The molecule has 14 heavy (non-hydrogen) atoms. The van der Waals surface area contributed by atoms with Crippen LogP contribution >= 0.6 is 11.2 Å². The smallest absolute Gasteiger partial charge is 0.152 e. The van der Waals surface area contributed by atoms with Crippen molar-refractivity contribution in [2.24, 2.45) is 0 Å². The fraction of sp³-hybridized carbons (Fsp3) is 0.889. The highest BCUT2D eigenvalue weighted by Gasteiger charge is 2.30. The molecule has 1 fully saturated rings. The summed E-state index contributed by atoms with van der Waals surface area (Å²) in [6.07, 6.45) is 1.97. The minimum absolute atomic E-state index is 0.130. The van der Waals surface area contributed by atoms with E-state index in [-0.39, 0.29) is 17.0 Å². The molecule has 0 atom stereocenters. The summed E-state index contributed by atoms with van der Waals surface area (Å²) in [5.41, 5.74) is -0.130. The predicted octanol–water partition coefficient (Wildman–Crippen LogP) is 0.818. The van der Waals surface area contributed by atoms with Gasteiger partial charge in [-0.05, 0) is 13.8 Å². The van der Waals surface area contributed by atoms with Gasteiger partial charge in [-0.1, -0.05) is 5.18 Å². The first-order valence-corrected chi connectivity index (χ1v) is 7.68. The average Bonchev–Trinajstić information content (AvgIpc) is 2.03. The summed E-state index contributed by atoms with van der Waals surface area (Å²) in [7, 11) is -2.77. The van der Waals surface area contributed by atoms with E-state index in [0.29, 0.717) is 13.1 Å². The van der Waals surface area contributed by atoms with Gasteiger partial charge in [-0.2, -0.15) is 0 Å². The van der Waals surface area contributed by atoms with E-state index in [1.54, 1.807) is 11.2 Å². The van der Waals surface area contributed by atoms with Crippen LogP contribution in [0, 0.1) is 5.18 Å². The van der Waals surface area contributed by atoms with Gasteiger partial charge in [-0.25, -0.2) is 8.42 Å². The Balaban J connectivity index is 2.69. The lowest BCUT2D eigenvalue weighted by Gasteiger charge is -2.36. The molecule has 5 heteroatoms. The molecule has 1 aliphatic rings. The Bertz CT molecular complexity index is 348. The molecule has 1 saturated heterocycles. The fourth-order valence-corrected chi connectivity index (χ4v) is 3.42. The molecule has 3 nitrogen and oxygen atoms in total. The lowest BCUT2D eigenvalue weighted by atomic mass is 10.1. The van der Waals surface area contributed by atoms with Crippen LogP contribution in [0.15, 0.2) is 0 Å². The third-order valence-electron chi connectivity index (χ3n) is 2.49. The SMILES string of the molecule is CS#CC(C)(C)N1CCS(=O)(=O)CC1. The Morgan fingerprint density at radius 3 is 2.21 bits per heavy atom. The minimum atomic E-state index is -2.77. The van der Waals surface area contributed by atoms with Gasteiger partial charge >= 0.3 is 0 Å². The Labute approximate surface area is 90.0 Å². The largest absolute Gasteiger partial charge is 0.286 e. The second-order valence-corrected chi connectivity index (χ2v) is 6.92. The van der Waals surface area contributed by atoms with Crippen LogP contribution in [0.3, 0.4) is 0 Å². The highest BCUT2D eigenvalue weighted by molar-refractivity contribution is 7.91. The topological polar surface area (TPSA) is 37.4 Å². The molecule has 0 aromatic carbocycles. The quantitative estimate of drug-likeness (QED) is 0.675. The number of nitrogens with zero attached hydrogens (tertiary/aromatic N) is 1. The van der Waals surface area contributed by atoms with Gasteiger partial charge in [0.1, 0.15) is 0 Å². The maximum absolute atomic E-state index is 11.2. The van der Waals surface area contributed by atoms with Crippen molar-refractivity contribution in [1.82, 2.24) is 4.90 Å². The number of rotatable bonds is 1. The van der Waals surface area contributed by atoms with Gasteiger partial charge in [0.25, 0.3) is 0 Å². The van der Waals surface area contributed by atoms with Crippen LogP contribution in [-0.4, -0.2) is 49.7 Å². The standard InChI is InChI=1S/C9H17NO2S2/c1-9(2,8-13-3)10-4-6-14(11,12)7-5-10/h4-7H2,1-3H3. The maximum Gasteiger partial charge on any atom is 0.152 e. The van der Waals surface area contributed by atoms with Crippen LogP contribution in [-0.2, 0) is 9.84 Å². The van der Waals surface area contributed by atoms with Crippen molar-refractivity contribution in [1.29, 1.82) is 0 Å². The van der Waals surface area contributed by atoms with Gasteiger partial charge in [-0.15, -0.1) is 11.2 Å². The lowest BCUT2D eigenvalue weighted by molar-refractivity contribution is 0.186. The molecule has 0 aromatic heterocycles. The molecule has 0 saturated carbocycles. The van der Waals surface area contributed by atoms with Crippen molar-refractivity contribution in [3.05, 3.63) is 0 Å². The van der Waals surface area contributed by atoms with Crippen LogP contribution in [0.5, 0.6) is 0 Å². The Morgan fingerprint density at radius 2 is 1.79 bits per heavy atom. The van der Waals surface area contributed by atoms with E-state index < -0.39 is 9.84 Å². The van der Waals surface area contributed by atoms with E-state index >= 15 is 0 Å². The number of sulfone groups is 1. The van der Waals surface area contributed by atoms with Gasteiger partial charge in [0.2, 0.25) is 0 Å². The van der Waals surface area contributed by atoms with Crippen LogP contribution in [0.2, 0.25) is 0 Å². The van der Waals surface area contributed by atoms with Crippen molar-refractivity contribution < 1.29 is 8.42 Å². The lowest BCUT2D eigenvalue weighted by Crippen LogP contribution is -2.50. The Morgan fingerprint density at radius 1 is 1.29 bits per heavy atom.